The molecule has 1 atom stereocenters. The first-order valence-electron chi connectivity index (χ1n) is 12.5. The van der Waals surface area contributed by atoms with Crippen molar-refractivity contribution in [1.82, 2.24) is 10.2 Å². The molecule has 1 N–H and O–H groups in total. The lowest BCUT2D eigenvalue weighted by Gasteiger charge is -2.32. The number of benzene rings is 3. The zero-order chi connectivity index (χ0) is 25.5. The molecule has 4 rings (SSSR count). The van der Waals surface area contributed by atoms with E-state index in [1.807, 2.05) is 93.6 Å². The highest BCUT2D eigenvalue weighted by Crippen LogP contribution is 2.33. The molecule has 3 aromatic carbocycles. The molecule has 3 aromatic rings. The molecule has 0 bridgehead atoms. The second-order valence-corrected chi connectivity index (χ2v) is 9.56. The number of aryl methyl sites for hydroxylation is 2. The standard InChI is InChI=1S/C30H34N2O4/c1-21(2)31-30(34)26(17-23-7-5-4-6-8-23)32(19-25-11-9-22(3)10-12-25)29(33)16-14-24-13-15-27-28(18-24)36-20-35-27/h4-13,15,18,21,26H,14,16-17,19-20H2,1-3H3,(H,31,34). The first kappa shape index (κ1) is 25.3. The van der Waals surface area contributed by atoms with Gasteiger partial charge in [-0.05, 0) is 56.0 Å². The van der Waals surface area contributed by atoms with Crippen molar-refractivity contribution < 1.29 is 19.1 Å². The van der Waals surface area contributed by atoms with Gasteiger partial charge in [0.1, 0.15) is 6.04 Å². The fraction of sp³-hybridized carbons (Fsp3) is 0.333. The van der Waals surface area contributed by atoms with Gasteiger partial charge in [-0.15, -0.1) is 0 Å². The van der Waals surface area contributed by atoms with E-state index < -0.39 is 6.04 Å². The minimum atomic E-state index is -0.625. The maximum atomic E-state index is 13.7. The predicted molar refractivity (Wildman–Crippen MR) is 140 cm³/mol. The molecule has 6 nitrogen and oxygen atoms in total. The molecule has 0 aromatic heterocycles. The van der Waals surface area contributed by atoms with Crippen molar-refractivity contribution in [2.75, 3.05) is 6.79 Å². The van der Waals surface area contributed by atoms with Crippen molar-refractivity contribution in [2.45, 2.75) is 58.7 Å². The van der Waals surface area contributed by atoms with Gasteiger partial charge in [0.05, 0.1) is 0 Å². The van der Waals surface area contributed by atoms with Gasteiger partial charge in [0.2, 0.25) is 18.6 Å². The Labute approximate surface area is 213 Å². The van der Waals surface area contributed by atoms with Gasteiger partial charge in [0, 0.05) is 25.4 Å². The van der Waals surface area contributed by atoms with Gasteiger partial charge in [-0.25, -0.2) is 0 Å². The van der Waals surface area contributed by atoms with Crippen LogP contribution >= 0.6 is 0 Å². The van der Waals surface area contributed by atoms with E-state index in [1.54, 1.807) is 4.90 Å². The summed E-state index contributed by atoms with van der Waals surface area (Å²) in [6, 6.07) is 23.1. The molecule has 0 saturated carbocycles. The Morgan fingerprint density at radius 2 is 1.58 bits per heavy atom. The second-order valence-electron chi connectivity index (χ2n) is 9.56. The van der Waals surface area contributed by atoms with Gasteiger partial charge in [-0.1, -0.05) is 66.2 Å². The summed E-state index contributed by atoms with van der Waals surface area (Å²) < 4.78 is 10.9. The Balaban J connectivity index is 1.59. The number of rotatable bonds is 10. The zero-order valence-corrected chi connectivity index (χ0v) is 21.2. The molecular formula is C30H34N2O4. The van der Waals surface area contributed by atoms with E-state index in [2.05, 4.69) is 5.32 Å². The summed E-state index contributed by atoms with van der Waals surface area (Å²) in [6.45, 7) is 6.48. The SMILES string of the molecule is Cc1ccc(CN(C(=O)CCc2ccc3c(c2)OCO3)C(Cc2ccccc2)C(=O)NC(C)C)cc1. The topological polar surface area (TPSA) is 67.9 Å². The number of hydrogen-bond acceptors (Lipinski definition) is 4. The highest BCUT2D eigenvalue weighted by molar-refractivity contribution is 5.88. The van der Waals surface area contributed by atoms with E-state index in [-0.39, 0.29) is 31.1 Å². The number of amides is 2. The van der Waals surface area contributed by atoms with Crippen LogP contribution in [0.15, 0.2) is 72.8 Å². The summed E-state index contributed by atoms with van der Waals surface area (Å²) in [7, 11) is 0. The Hall–Kier alpha value is -3.80. The maximum absolute atomic E-state index is 13.7. The van der Waals surface area contributed by atoms with Crippen molar-refractivity contribution in [2.24, 2.45) is 0 Å². The van der Waals surface area contributed by atoms with Gasteiger partial charge in [-0.3, -0.25) is 9.59 Å². The van der Waals surface area contributed by atoms with Crippen LogP contribution in [-0.2, 0) is 29.0 Å². The third-order valence-corrected chi connectivity index (χ3v) is 6.24. The average Bonchev–Trinajstić information content (AvgIpc) is 3.34. The van der Waals surface area contributed by atoms with E-state index in [0.717, 1.165) is 28.0 Å². The minimum Gasteiger partial charge on any atom is -0.454 e. The summed E-state index contributed by atoms with van der Waals surface area (Å²) in [4.78, 5) is 28.9. The lowest BCUT2D eigenvalue weighted by atomic mass is 10.0. The number of ether oxygens (including phenoxy) is 2. The number of nitrogens with one attached hydrogen (secondary N) is 1. The van der Waals surface area contributed by atoms with Crippen LogP contribution in [0.5, 0.6) is 11.5 Å². The number of carbonyl (C=O) groups excluding carboxylic acids is 2. The molecular weight excluding hydrogens is 452 g/mol. The van der Waals surface area contributed by atoms with Crippen LogP contribution in [0.4, 0.5) is 0 Å². The average molecular weight is 487 g/mol. The van der Waals surface area contributed by atoms with Crippen LogP contribution in [0.25, 0.3) is 0 Å². The largest absolute Gasteiger partial charge is 0.454 e. The van der Waals surface area contributed by atoms with E-state index in [0.29, 0.717) is 25.1 Å². The first-order chi connectivity index (χ1) is 17.4. The molecule has 36 heavy (non-hydrogen) atoms. The van der Waals surface area contributed by atoms with Gasteiger partial charge in [0.25, 0.3) is 0 Å². The molecule has 1 heterocycles. The highest BCUT2D eigenvalue weighted by Gasteiger charge is 2.30. The van der Waals surface area contributed by atoms with E-state index in [9.17, 15) is 9.59 Å². The van der Waals surface area contributed by atoms with E-state index >= 15 is 0 Å². The molecule has 1 unspecified atom stereocenters. The van der Waals surface area contributed by atoms with Gasteiger partial charge >= 0.3 is 0 Å². The minimum absolute atomic E-state index is 0.0271. The van der Waals surface area contributed by atoms with Crippen molar-refractivity contribution in [3.05, 3.63) is 95.1 Å². The third-order valence-electron chi connectivity index (χ3n) is 6.24. The van der Waals surface area contributed by atoms with Gasteiger partial charge in [-0.2, -0.15) is 0 Å². The summed E-state index contributed by atoms with van der Waals surface area (Å²) in [5.41, 5.74) is 4.15. The quantitative estimate of drug-likeness (QED) is 0.446. The normalized spacial score (nSPS) is 12.9. The lowest BCUT2D eigenvalue weighted by Crippen LogP contribution is -2.51. The highest BCUT2D eigenvalue weighted by atomic mass is 16.7. The molecule has 188 valence electrons. The van der Waals surface area contributed by atoms with Crippen LogP contribution < -0.4 is 14.8 Å². The van der Waals surface area contributed by atoms with Crippen LogP contribution in [0.1, 0.15) is 42.5 Å². The Bertz CT molecular complexity index is 1180. The Kier molecular flexibility index (Phi) is 8.26. The number of nitrogens with zero attached hydrogens (tertiary/aromatic N) is 1. The van der Waals surface area contributed by atoms with Crippen molar-refractivity contribution in [1.29, 1.82) is 0 Å². The molecule has 0 aliphatic carbocycles. The number of hydrogen-bond donors (Lipinski definition) is 1. The van der Waals surface area contributed by atoms with Gasteiger partial charge < -0.3 is 19.7 Å². The molecule has 0 spiro atoms. The summed E-state index contributed by atoms with van der Waals surface area (Å²) >= 11 is 0. The van der Waals surface area contributed by atoms with Crippen LogP contribution in [-0.4, -0.2) is 35.6 Å². The Morgan fingerprint density at radius 1 is 0.889 bits per heavy atom. The predicted octanol–water partition coefficient (Wildman–Crippen LogP) is 4.82. The number of fused-ring (bicyclic) bond motifs is 1. The summed E-state index contributed by atoms with van der Waals surface area (Å²) in [5.74, 6) is 1.22. The fourth-order valence-electron chi connectivity index (χ4n) is 4.32. The monoisotopic (exact) mass is 486 g/mol. The molecule has 2 amide bonds. The van der Waals surface area contributed by atoms with Crippen LogP contribution in [0.2, 0.25) is 0 Å². The molecule has 0 saturated heterocycles. The van der Waals surface area contributed by atoms with E-state index in [4.69, 9.17) is 9.47 Å². The van der Waals surface area contributed by atoms with Gasteiger partial charge in [0.15, 0.2) is 11.5 Å². The van der Waals surface area contributed by atoms with E-state index in [1.165, 1.54) is 0 Å². The smallest absolute Gasteiger partial charge is 0.243 e. The molecule has 1 aliphatic rings. The number of carbonyl (C=O) groups is 2. The molecule has 0 fully saturated rings. The third kappa shape index (κ3) is 6.66. The Morgan fingerprint density at radius 3 is 2.31 bits per heavy atom. The van der Waals surface area contributed by atoms with Crippen molar-refractivity contribution >= 4 is 11.8 Å². The second kappa shape index (κ2) is 11.8. The lowest BCUT2D eigenvalue weighted by molar-refractivity contribution is -0.141. The summed E-state index contributed by atoms with van der Waals surface area (Å²) in [5, 5.41) is 3.03. The fourth-order valence-corrected chi connectivity index (χ4v) is 4.32. The summed E-state index contributed by atoms with van der Waals surface area (Å²) in [6.07, 6.45) is 1.27. The molecule has 0 radical (unpaired) electrons. The van der Waals surface area contributed by atoms with Crippen molar-refractivity contribution in [3.8, 4) is 11.5 Å². The zero-order valence-electron chi connectivity index (χ0n) is 21.2. The van der Waals surface area contributed by atoms with Crippen LogP contribution in [0.3, 0.4) is 0 Å². The molecule has 1 aliphatic heterocycles. The molecule has 6 heteroatoms. The maximum Gasteiger partial charge on any atom is 0.243 e. The van der Waals surface area contributed by atoms with Crippen molar-refractivity contribution in [3.63, 3.8) is 0 Å². The van der Waals surface area contributed by atoms with Crippen LogP contribution in [0, 0.1) is 6.92 Å². The first-order valence-corrected chi connectivity index (χ1v) is 12.5.